The van der Waals surface area contributed by atoms with Crippen LogP contribution in [0.1, 0.15) is 30.1 Å². The van der Waals surface area contributed by atoms with Crippen molar-refractivity contribution < 1.29 is 9.52 Å². The first-order valence-corrected chi connectivity index (χ1v) is 6.09. The molecule has 0 bridgehead atoms. The highest BCUT2D eigenvalue weighted by Gasteiger charge is 2.18. The summed E-state index contributed by atoms with van der Waals surface area (Å²) in [5, 5.41) is 10.9. The zero-order chi connectivity index (χ0) is 12.4. The van der Waals surface area contributed by atoms with Crippen molar-refractivity contribution in [3.63, 3.8) is 0 Å². The number of halogens is 2. The fourth-order valence-electron chi connectivity index (χ4n) is 1.62. The monoisotopic (exact) mass is 270 g/mol. The van der Waals surface area contributed by atoms with E-state index < -0.39 is 6.10 Å². The van der Waals surface area contributed by atoms with Crippen molar-refractivity contribution in [1.29, 1.82) is 0 Å². The van der Waals surface area contributed by atoms with Gasteiger partial charge in [-0.05, 0) is 18.2 Å². The van der Waals surface area contributed by atoms with Crippen molar-refractivity contribution in [3.05, 3.63) is 57.5 Å². The standard InChI is InChI=1S/C13H12Cl2O2/c1-2-8-6-7-11(17-8)13(16)9-4-3-5-10(14)12(9)15/h3-7,13,16H,2H2,1H3. The second-order valence-corrected chi connectivity index (χ2v) is 4.49. The Kier molecular flexibility index (Phi) is 3.77. The maximum atomic E-state index is 10.2. The Morgan fingerprint density at radius 1 is 1.24 bits per heavy atom. The Labute approximate surface area is 110 Å². The third-order valence-electron chi connectivity index (χ3n) is 2.58. The van der Waals surface area contributed by atoms with Crippen LogP contribution in [0.5, 0.6) is 0 Å². The molecule has 0 amide bonds. The number of aliphatic hydroxyl groups is 1. The third-order valence-corrected chi connectivity index (χ3v) is 3.41. The van der Waals surface area contributed by atoms with Gasteiger partial charge >= 0.3 is 0 Å². The van der Waals surface area contributed by atoms with E-state index in [9.17, 15) is 5.11 Å². The van der Waals surface area contributed by atoms with Gasteiger partial charge in [0.2, 0.25) is 0 Å². The molecule has 0 spiro atoms. The van der Waals surface area contributed by atoms with Gasteiger partial charge in [-0.15, -0.1) is 0 Å². The van der Waals surface area contributed by atoms with Crippen LogP contribution in [0.4, 0.5) is 0 Å². The Morgan fingerprint density at radius 2 is 2.00 bits per heavy atom. The molecule has 90 valence electrons. The molecule has 1 aromatic carbocycles. The number of hydrogen-bond donors (Lipinski definition) is 1. The average Bonchev–Trinajstić information content (AvgIpc) is 2.80. The van der Waals surface area contributed by atoms with Gasteiger partial charge in [0, 0.05) is 12.0 Å². The average molecular weight is 271 g/mol. The van der Waals surface area contributed by atoms with E-state index in [1.165, 1.54) is 0 Å². The molecule has 1 heterocycles. The van der Waals surface area contributed by atoms with Gasteiger partial charge in [-0.1, -0.05) is 42.3 Å². The molecule has 0 saturated carbocycles. The lowest BCUT2D eigenvalue weighted by atomic mass is 10.1. The normalized spacial score (nSPS) is 12.7. The first-order valence-electron chi connectivity index (χ1n) is 5.34. The zero-order valence-corrected chi connectivity index (χ0v) is 10.8. The smallest absolute Gasteiger partial charge is 0.138 e. The van der Waals surface area contributed by atoms with Gasteiger partial charge in [0.25, 0.3) is 0 Å². The maximum absolute atomic E-state index is 10.2. The van der Waals surface area contributed by atoms with Crippen molar-refractivity contribution in [2.45, 2.75) is 19.4 Å². The SMILES string of the molecule is CCc1ccc(C(O)c2cccc(Cl)c2Cl)o1. The Hall–Kier alpha value is -0.960. The zero-order valence-electron chi connectivity index (χ0n) is 9.28. The minimum absolute atomic E-state index is 0.358. The third kappa shape index (κ3) is 2.49. The van der Waals surface area contributed by atoms with Gasteiger partial charge < -0.3 is 9.52 Å². The van der Waals surface area contributed by atoms with Crippen molar-refractivity contribution in [1.82, 2.24) is 0 Å². The summed E-state index contributed by atoms with van der Waals surface area (Å²) in [4.78, 5) is 0. The number of hydrogen-bond acceptors (Lipinski definition) is 2. The summed E-state index contributed by atoms with van der Waals surface area (Å²) in [6, 6.07) is 8.75. The Balaban J connectivity index is 2.36. The Bertz CT molecular complexity index is 520. The van der Waals surface area contributed by atoms with Gasteiger partial charge in [-0.2, -0.15) is 0 Å². The van der Waals surface area contributed by atoms with E-state index in [1.807, 2.05) is 13.0 Å². The summed E-state index contributed by atoms with van der Waals surface area (Å²) in [5.41, 5.74) is 0.552. The fraction of sp³-hybridized carbons (Fsp3) is 0.231. The van der Waals surface area contributed by atoms with E-state index in [1.54, 1.807) is 24.3 Å². The Morgan fingerprint density at radius 3 is 2.65 bits per heavy atom. The lowest BCUT2D eigenvalue weighted by Gasteiger charge is -2.11. The van der Waals surface area contributed by atoms with Crippen molar-refractivity contribution in [2.24, 2.45) is 0 Å². The van der Waals surface area contributed by atoms with E-state index in [2.05, 4.69) is 0 Å². The van der Waals surface area contributed by atoms with E-state index in [0.29, 0.717) is 21.4 Å². The molecule has 2 rings (SSSR count). The van der Waals surface area contributed by atoms with E-state index >= 15 is 0 Å². The highest BCUT2D eigenvalue weighted by atomic mass is 35.5. The second kappa shape index (κ2) is 5.13. The molecule has 1 N–H and O–H groups in total. The molecule has 0 aliphatic carbocycles. The molecule has 2 nitrogen and oxygen atoms in total. The molecule has 2 aromatic rings. The van der Waals surface area contributed by atoms with E-state index in [-0.39, 0.29) is 0 Å². The molecule has 0 fully saturated rings. The molecule has 1 atom stereocenters. The molecule has 0 aliphatic rings. The fourth-order valence-corrected chi connectivity index (χ4v) is 2.03. The summed E-state index contributed by atoms with van der Waals surface area (Å²) in [6.45, 7) is 1.99. The molecule has 0 aliphatic heterocycles. The van der Waals surface area contributed by atoms with Gasteiger partial charge in [0.1, 0.15) is 17.6 Å². The first kappa shape index (κ1) is 12.5. The van der Waals surface area contributed by atoms with Crippen LogP contribution in [0.25, 0.3) is 0 Å². The molecule has 1 unspecified atom stereocenters. The summed E-state index contributed by atoms with van der Waals surface area (Å²) >= 11 is 11.9. The van der Waals surface area contributed by atoms with Crippen molar-refractivity contribution >= 4 is 23.2 Å². The summed E-state index contributed by atoms with van der Waals surface area (Å²) in [6.07, 6.45) is -0.0998. The van der Waals surface area contributed by atoms with E-state index in [0.717, 1.165) is 12.2 Å². The minimum atomic E-state index is -0.888. The number of aryl methyl sites for hydroxylation is 1. The molecule has 1 aromatic heterocycles. The van der Waals surface area contributed by atoms with Gasteiger partial charge in [0.15, 0.2) is 0 Å². The minimum Gasteiger partial charge on any atom is -0.463 e. The van der Waals surface area contributed by atoms with Crippen LogP contribution < -0.4 is 0 Å². The summed E-state index contributed by atoms with van der Waals surface area (Å²) in [7, 11) is 0. The largest absolute Gasteiger partial charge is 0.463 e. The lowest BCUT2D eigenvalue weighted by molar-refractivity contribution is 0.187. The van der Waals surface area contributed by atoms with Crippen molar-refractivity contribution in [3.8, 4) is 0 Å². The molecule has 0 radical (unpaired) electrons. The van der Waals surface area contributed by atoms with Crippen LogP contribution in [-0.2, 0) is 6.42 Å². The van der Waals surface area contributed by atoms with Gasteiger partial charge in [-0.25, -0.2) is 0 Å². The van der Waals surface area contributed by atoms with E-state index in [4.69, 9.17) is 27.6 Å². The number of aliphatic hydroxyl groups excluding tert-OH is 1. The number of benzene rings is 1. The number of rotatable bonds is 3. The number of furan rings is 1. The van der Waals surface area contributed by atoms with Crippen molar-refractivity contribution in [2.75, 3.05) is 0 Å². The van der Waals surface area contributed by atoms with Crippen LogP contribution in [0, 0.1) is 0 Å². The maximum Gasteiger partial charge on any atom is 0.138 e. The van der Waals surface area contributed by atoms with Gasteiger partial charge in [-0.3, -0.25) is 0 Å². The predicted molar refractivity (Wildman–Crippen MR) is 68.6 cm³/mol. The quantitative estimate of drug-likeness (QED) is 0.906. The van der Waals surface area contributed by atoms with Gasteiger partial charge in [0.05, 0.1) is 10.0 Å². The highest BCUT2D eigenvalue weighted by Crippen LogP contribution is 2.33. The van der Waals surface area contributed by atoms with Crippen LogP contribution >= 0.6 is 23.2 Å². The highest BCUT2D eigenvalue weighted by molar-refractivity contribution is 6.42. The first-order chi connectivity index (χ1) is 8.13. The lowest BCUT2D eigenvalue weighted by Crippen LogP contribution is -1.99. The second-order valence-electron chi connectivity index (χ2n) is 3.70. The molecule has 4 heteroatoms. The molecule has 17 heavy (non-hydrogen) atoms. The topological polar surface area (TPSA) is 33.4 Å². The predicted octanol–water partition coefficient (Wildman–Crippen LogP) is 4.23. The summed E-state index contributed by atoms with van der Waals surface area (Å²) in [5.74, 6) is 1.31. The van der Waals surface area contributed by atoms with Crippen LogP contribution in [-0.4, -0.2) is 5.11 Å². The summed E-state index contributed by atoms with van der Waals surface area (Å²) < 4.78 is 5.49. The molecule has 0 saturated heterocycles. The van der Waals surface area contributed by atoms with Crippen LogP contribution in [0.3, 0.4) is 0 Å². The molecular formula is C13H12Cl2O2. The van der Waals surface area contributed by atoms with Crippen LogP contribution in [0.15, 0.2) is 34.7 Å². The van der Waals surface area contributed by atoms with Crippen LogP contribution in [0.2, 0.25) is 10.0 Å². The molecular weight excluding hydrogens is 259 g/mol.